The predicted octanol–water partition coefficient (Wildman–Crippen LogP) is 2.41. The van der Waals surface area contributed by atoms with Gasteiger partial charge in [-0.25, -0.2) is 8.42 Å². The van der Waals surface area contributed by atoms with Gasteiger partial charge in [0.25, 0.3) is 0 Å². The third-order valence-electron chi connectivity index (χ3n) is 2.11. The molecule has 0 saturated heterocycles. The lowest BCUT2D eigenvalue weighted by atomic mass is 10.3. The molecule has 0 radical (unpaired) electrons. The quantitative estimate of drug-likeness (QED) is 0.868. The first-order valence-electron chi connectivity index (χ1n) is 4.51. The standard InChI is InChI=1S/C10H10ClNO2S/c11-8-2-1-3-9(6-8)12-10-4-5-15(13,14)7-10/h1-3,6-7,12H,4-5H2. The molecule has 0 amide bonds. The van der Waals surface area contributed by atoms with Crippen LogP contribution in [0.5, 0.6) is 0 Å². The Balaban J connectivity index is 2.17. The zero-order valence-corrected chi connectivity index (χ0v) is 9.48. The van der Waals surface area contributed by atoms with Crippen LogP contribution < -0.4 is 5.32 Å². The number of rotatable bonds is 2. The van der Waals surface area contributed by atoms with Crippen LogP contribution in [0.2, 0.25) is 5.02 Å². The lowest BCUT2D eigenvalue weighted by molar-refractivity contribution is 0.606. The Bertz CT molecular complexity index is 508. The molecule has 0 fully saturated rings. The lowest BCUT2D eigenvalue weighted by Gasteiger charge is -2.05. The fourth-order valence-electron chi connectivity index (χ4n) is 1.43. The van der Waals surface area contributed by atoms with Crippen LogP contribution in [0, 0.1) is 0 Å². The number of anilines is 1. The molecule has 0 bridgehead atoms. The normalized spacial score (nSPS) is 18.6. The summed E-state index contributed by atoms with van der Waals surface area (Å²) in [4.78, 5) is 0. The highest BCUT2D eigenvalue weighted by atomic mass is 35.5. The lowest BCUT2D eigenvalue weighted by Crippen LogP contribution is -1.96. The molecular formula is C10H10ClNO2S. The minimum atomic E-state index is -2.98. The summed E-state index contributed by atoms with van der Waals surface area (Å²) in [6.07, 6.45) is 0.537. The molecule has 0 atom stereocenters. The highest BCUT2D eigenvalue weighted by molar-refractivity contribution is 7.94. The van der Waals surface area contributed by atoms with E-state index in [9.17, 15) is 8.42 Å². The van der Waals surface area contributed by atoms with Crippen molar-refractivity contribution >= 4 is 27.1 Å². The summed E-state index contributed by atoms with van der Waals surface area (Å²) < 4.78 is 22.3. The van der Waals surface area contributed by atoms with Gasteiger partial charge in [-0.2, -0.15) is 0 Å². The van der Waals surface area contributed by atoms with Gasteiger partial charge in [-0.1, -0.05) is 17.7 Å². The van der Waals surface area contributed by atoms with E-state index in [0.717, 1.165) is 11.4 Å². The maximum Gasteiger partial charge on any atom is 0.173 e. The molecule has 1 aromatic carbocycles. The smallest absolute Gasteiger partial charge is 0.173 e. The topological polar surface area (TPSA) is 46.2 Å². The van der Waals surface area contributed by atoms with Crippen LogP contribution in [-0.2, 0) is 9.84 Å². The van der Waals surface area contributed by atoms with Crippen LogP contribution >= 0.6 is 11.6 Å². The van der Waals surface area contributed by atoms with Crippen molar-refractivity contribution in [1.82, 2.24) is 0 Å². The second-order valence-electron chi connectivity index (χ2n) is 3.40. The molecular weight excluding hydrogens is 234 g/mol. The van der Waals surface area contributed by atoms with Crippen LogP contribution in [0.15, 0.2) is 35.4 Å². The van der Waals surface area contributed by atoms with E-state index in [-0.39, 0.29) is 5.75 Å². The summed E-state index contributed by atoms with van der Waals surface area (Å²) in [7, 11) is -2.98. The summed E-state index contributed by atoms with van der Waals surface area (Å²) >= 11 is 5.81. The number of hydrogen-bond donors (Lipinski definition) is 1. The summed E-state index contributed by atoms with van der Waals surface area (Å²) in [6.45, 7) is 0. The number of benzene rings is 1. The number of halogens is 1. The van der Waals surface area contributed by atoms with Crippen molar-refractivity contribution in [2.45, 2.75) is 6.42 Å². The summed E-state index contributed by atoms with van der Waals surface area (Å²) in [5.74, 6) is 0.190. The second kappa shape index (κ2) is 3.87. The molecule has 1 heterocycles. The van der Waals surface area contributed by atoms with Crippen molar-refractivity contribution < 1.29 is 8.42 Å². The van der Waals surface area contributed by atoms with Gasteiger partial charge in [-0.3, -0.25) is 0 Å². The van der Waals surface area contributed by atoms with Crippen molar-refractivity contribution in [3.63, 3.8) is 0 Å². The van der Waals surface area contributed by atoms with Crippen LogP contribution in [0.4, 0.5) is 5.69 Å². The van der Waals surface area contributed by atoms with Crippen LogP contribution in [0.25, 0.3) is 0 Å². The molecule has 80 valence electrons. The van der Waals surface area contributed by atoms with Crippen LogP contribution in [0.1, 0.15) is 6.42 Å². The average molecular weight is 244 g/mol. The largest absolute Gasteiger partial charge is 0.358 e. The Hall–Kier alpha value is -1.00. The van der Waals surface area contributed by atoms with Crippen molar-refractivity contribution in [3.8, 4) is 0 Å². The van der Waals surface area contributed by atoms with Gasteiger partial charge in [0.1, 0.15) is 0 Å². The molecule has 1 aromatic rings. The van der Waals surface area contributed by atoms with Crippen molar-refractivity contribution in [2.24, 2.45) is 0 Å². The molecule has 0 unspecified atom stereocenters. The first-order chi connectivity index (χ1) is 7.05. The summed E-state index contributed by atoms with van der Waals surface area (Å²) in [5.41, 5.74) is 1.53. The van der Waals surface area contributed by atoms with E-state index in [1.165, 1.54) is 5.41 Å². The maximum absolute atomic E-state index is 11.2. The van der Waals surface area contributed by atoms with Crippen LogP contribution in [0.3, 0.4) is 0 Å². The molecule has 5 heteroatoms. The zero-order chi connectivity index (χ0) is 10.9. The van der Waals surface area contributed by atoms with E-state index < -0.39 is 9.84 Å². The van der Waals surface area contributed by atoms with Gasteiger partial charge in [0, 0.05) is 28.2 Å². The van der Waals surface area contributed by atoms with Gasteiger partial charge in [-0.15, -0.1) is 0 Å². The third-order valence-corrected chi connectivity index (χ3v) is 3.76. The Morgan fingerprint density at radius 2 is 2.13 bits per heavy atom. The fourth-order valence-corrected chi connectivity index (χ4v) is 2.85. The average Bonchev–Trinajstić information content (AvgIpc) is 2.45. The number of sulfone groups is 1. The highest BCUT2D eigenvalue weighted by Gasteiger charge is 2.18. The first kappa shape index (κ1) is 10.5. The molecule has 1 aliphatic rings. The van der Waals surface area contributed by atoms with E-state index in [1.807, 2.05) is 12.1 Å². The SMILES string of the molecule is O=S1(=O)C=C(Nc2cccc(Cl)c2)CC1. The van der Waals surface area contributed by atoms with Crippen molar-refractivity contribution in [2.75, 3.05) is 11.1 Å². The van der Waals surface area contributed by atoms with E-state index in [2.05, 4.69) is 5.32 Å². The van der Waals surface area contributed by atoms with Crippen LogP contribution in [-0.4, -0.2) is 14.2 Å². The molecule has 0 aliphatic carbocycles. The summed E-state index contributed by atoms with van der Waals surface area (Å²) in [6, 6.07) is 7.19. The minimum absolute atomic E-state index is 0.190. The molecule has 3 nitrogen and oxygen atoms in total. The molecule has 0 spiro atoms. The number of allylic oxidation sites excluding steroid dienone is 1. The zero-order valence-electron chi connectivity index (χ0n) is 7.90. The van der Waals surface area contributed by atoms with Crippen molar-refractivity contribution in [1.29, 1.82) is 0 Å². The number of nitrogens with one attached hydrogen (secondary N) is 1. The van der Waals surface area contributed by atoms with Gasteiger partial charge in [0.2, 0.25) is 0 Å². The Labute approximate surface area is 93.7 Å². The molecule has 2 rings (SSSR count). The Morgan fingerprint density at radius 1 is 1.33 bits per heavy atom. The van der Waals surface area contributed by atoms with Crippen molar-refractivity contribution in [3.05, 3.63) is 40.4 Å². The monoisotopic (exact) mass is 243 g/mol. The molecule has 15 heavy (non-hydrogen) atoms. The Kier molecular flexibility index (Phi) is 2.71. The first-order valence-corrected chi connectivity index (χ1v) is 6.60. The summed E-state index contributed by atoms with van der Waals surface area (Å²) in [5, 5.41) is 4.95. The number of hydrogen-bond acceptors (Lipinski definition) is 3. The third kappa shape index (κ3) is 2.73. The predicted molar refractivity (Wildman–Crippen MR) is 61.6 cm³/mol. The van der Waals surface area contributed by atoms with E-state index in [0.29, 0.717) is 11.4 Å². The minimum Gasteiger partial charge on any atom is -0.358 e. The molecule has 0 saturated carbocycles. The highest BCUT2D eigenvalue weighted by Crippen LogP contribution is 2.21. The second-order valence-corrected chi connectivity index (χ2v) is 5.80. The fraction of sp³-hybridized carbons (Fsp3) is 0.200. The molecule has 1 aliphatic heterocycles. The van der Waals surface area contributed by atoms with Gasteiger partial charge in [0.05, 0.1) is 5.75 Å². The maximum atomic E-state index is 11.2. The van der Waals surface area contributed by atoms with E-state index in [4.69, 9.17) is 11.6 Å². The van der Waals surface area contributed by atoms with Gasteiger partial charge < -0.3 is 5.32 Å². The molecule has 0 aromatic heterocycles. The van der Waals surface area contributed by atoms with E-state index in [1.54, 1.807) is 12.1 Å². The Morgan fingerprint density at radius 3 is 2.73 bits per heavy atom. The van der Waals surface area contributed by atoms with E-state index >= 15 is 0 Å². The van der Waals surface area contributed by atoms with Gasteiger partial charge in [-0.05, 0) is 18.2 Å². The molecule has 1 N–H and O–H groups in total. The van der Waals surface area contributed by atoms with Gasteiger partial charge in [0.15, 0.2) is 9.84 Å². The van der Waals surface area contributed by atoms with Gasteiger partial charge >= 0.3 is 0 Å².